The van der Waals surface area contributed by atoms with Crippen LogP contribution in [0.25, 0.3) is 0 Å². The van der Waals surface area contributed by atoms with Gasteiger partial charge in [-0.25, -0.2) is 0 Å². The summed E-state index contributed by atoms with van der Waals surface area (Å²) < 4.78 is 5.30. The van der Waals surface area contributed by atoms with Crippen LogP contribution in [0, 0.1) is 0 Å². The second kappa shape index (κ2) is 3.12. The molecule has 0 saturated heterocycles. The molecule has 0 radical (unpaired) electrons. The van der Waals surface area contributed by atoms with E-state index >= 15 is 0 Å². The van der Waals surface area contributed by atoms with Crippen molar-refractivity contribution in [3.8, 4) is 11.5 Å². The lowest BCUT2D eigenvalue weighted by atomic mass is 10.1. The van der Waals surface area contributed by atoms with Crippen LogP contribution < -0.4 is 10.5 Å². The molecule has 0 fully saturated rings. The molecular weight excluding hydrogens is 186 g/mol. The average molecular weight is 197 g/mol. The minimum Gasteiger partial charge on any atom is -0.506 e. The van der Waals surface area contributed by atoms with Crippen molar-refractivity contribution in [2.45, 2.75) is 10.9 Å². The lowest BCUT2D eigenvalue weighted by Gasteiger charge is -2.07. The number of hydrogen-bond acceptors (Lipinski definition) is 4. The second-order valence-electron chi connectivity index (χ2n) is 2.95. The minimum atomic E-state index is -0.193. The van der Waals surface area contributed by atoms with Gasteiger partial charge in [0.2, 0.25) is 0 Å². The van der Waals surface area contributed by atoms with Crippen LogP contribution >= 0.6 is 11.8 Å². The van der Waals surface area contributed by atoms with Gasteiger partial charge in [0.05, 0.1) is 11.6 Å². The summed E-state index contributed by atoms with van der Waals surface area (Å²) in [6.07, 6.45) is 1.92. The third-order valence-corrected chi connectivity index (χ3v) is 2.92. The Balaban J connectivity index is 2.56. The molecule has 0 aliphatic carbocycles. The molecule has 1 aromatic rings. The van der Waals surface area contributed by atoms with Crippen molar-refractivity contribution >= 4 is 11.8 Å². The normalized spacial score (nSPS) is 19.7. The van der Waals surface area contributed by atoms with Gasteiger partial charge in [-0.05, 0) is 18.4 Å². The molecule has 1 heterocycles. The molecule has 13 heavy (non-hydrogen) atoms. The molecule has 3 N–H and O–H groups in total. The fraction of sp³-hybridized carbons (Fsp3) is 0.333. The SMILES string of the molecule is CSc1ccc2c(c1O)[C@@H](N)CO2. The standard InChI is InChI=1S/C9H11NO2S/c1-13-7-3-2-6-8(9(7)11)5(10)4-12-6/h2-3,5,11H,4,10H2,1H3/t5-/m0/s1. The van der Waals surface area contributed by atoms with E-state index < -0.39 is 0 Å². The number of nitrogens with two attached hydrogens (primary N) is 1. The molecule has 0 bridgehead atoms. The minimum absolute atomic E-state index is 0.193. The Labute approximate surface area is 80.9 Å². The Morgan fingerprint density at radius 1 is 1.62 bits per heavy atom. The van der Waals surface area contributed by atoms with Crippen molar-refractivity contribution in [1.82, 2.24) is 0 Å². The second-order valence-corrected chi connectivity index (χ2v) is 3.79. The Bertz CT molecular complexity index is 341. The molecule has 0 spiro atoms. The van der Waals surface area contributed by atoms with E-state index in [9.17, 15) is 5.11 Å². The first kappa shape index (κ1) is 8.72. The van der Waals surface area contributed by atoms with Crippen LogP contribution in [0.3, 0.4) is 0 Å². The van der Waals surface area contributed by atoms with E-state index in [4.69, 9.17) is 10.5 Å². The number of benzene rings is 1. The van der Waals surface area contributed by atoms with E-state index in [2.05, 4.69) is 0 Å². The van der Waals surface area contributed by atoms with Crippen LogP contribution in [-0.2, 0) is 0 Å². The van der Waals surface area contributed by atoms with Crippen molar-refractivity contribution in [3.63, 3.8) is 0 Å². The predicted octanol–water partition coefficient (Wildman–Crippen LogP) is 1.51. The van der Waals surface area contributed by atoms with Crippen molar-refractivity contribution in [2.24, 2.45) is 5.73 Å². The monoisotopic (exact) mass is 197 g/mol. The summed E-state index contributed by atoms with van der Waals surface area (Å²) in [5.74, 6) is 0.984. The van der Waals surface area contributed by atoms with E-state index in [1.807, 2.05) is 18.4 Å². The molecule has 0 amide bonds. The third kappa shape index (κ3) is 1.26. The van der Waals surface area contributed by atoms with E-state index in [0.717, 1.165) is 10.5 Å². The quantitative estimate of drug-likeness (QED) is 0.670. The largest absolute Gasteiger partial charge is 0.506 e. The molecule has 1 aliphatic rings. The zero-order chi connectivity index (χ0) is 9.42. The molecule has 0 aromatic heterocycles. The first-order chi connectivity index (χ1) is 6.24. The lowest BCUT2D eigenvalue weighted by molar-refractivity contribution is 0.333. The molecule has 1 aromatic carbocycles. The van der Waals surface area contributed by atoms with Crippen LogP contribution in [0.2, 0.25) is 0 Å². The van der Waals surface area contributed by atoms with Gasteiger partial charge in [0.15, 0.2) is 0 Å². The number of phenolic OH excluding ortho intramolecular Hbond substituents is 1. The summed E-state index contributed by atoms with van der Waals surface area (Å²) in [6, 6.07) is 3.51. The highest BCUT2D eigenvalue weighted by molar-refractivity contribution is 7.98. The lowest BCUT2D eigenvalue weighted by Crippen LogP contribution is -2.11. The fourth-order valence-electron chi connectivity index (χ4n) is 1.48. The molecular formula is C9H11NO2S. The van der Waals surface area contributed by atoms with Gasteiger partial charge >= 0.3 is 0 Å². The summed E-state index contributed by atoms with van der Waals surface area (Å²) in [5, 5.41) is 9.80. The first-order valence-corrected chi connectivity index (χ1v) is 5.24. The zero-order valence-electron chi connectivity index (χ0n) is 7.28. The van der Waals surface area contributed by atoms with Crippen molar-refractivity contribution in [1.29, 1.82) is 0 Å². The Morgan fingerprint density at radius 3 is 3.08 bits per heavy atom. The van der Waals surface area contributed by atoms with Gasteiger partial charge in [0.1, 0.15) is 18.1 Å². The maximum atomic E-state index is 9.80. The highest BCUT2D eigenvalue weighted by atomic mass is 32.2. The van der Waals surface area contributed by atoms with E-state index in [0.29, 0.717) is 12.4 Å². The summed E-state index contributed by atoms with van der Waals surface area (Å²) in [6.45, 7) is 0.459. The van der Waals surface area contributed by atoms with E-state index in [1.165, 1.54) is 11.8 Å². The molecule has 0 unspecified atom stereocenters. The number of phenols is 1. The third-order valence-electron chi connectivity index (χ3n) is 2.15. The number of hydrogen-bond donors (Lipinski definition) is 2. The van der Waals surface area contributed by atoms with Gasteiger partial charge in [-0.1, -0.05) is 0 Å². The summed E-state index contributed by atoms with van der Waals surface area (Å²) in [5.41, 5.74) is 6.52. The molecule has 2 rings (SSSR count). The fourth-order valence-corrected chi connectivity index (χ4v) is 1.99. The van der Waals surface area contributed by atoms with Crippen LogP contribution in [-0.4, -0.2) is 18.0 Å². The zero-order valence-corrected chi connectivity index (χ0v) is 8.10. The van der Waals surface area contributed by atoms with Crippen molar-refractivity contribution in [3.05, 3.63) is 17.7 Å². The van der Waals surface area contributed by atoms with Crippen LogP contribution in [0.5, 0.6) is 11.5 Å². The number of rotatable bonds is 1. The Kier molecular flexibility index (Phi) is 2.09. The van der Waals surface area contributed by atoms with Crippen LogP contribution in [0.4, 0.5) is 0 Å². The van der Waals surface area contributed by atoms with Gasteiger partial charge in [0.25, 0.3) is 0 Å². The van der Waals surface area contributed by atoms with Crippen LogP contribution in [0.1, 0.15) is 11.6 Å². The predicted molar refractivity (Wildman–Crippen MR) is 52.3 cm³/mol. The number of thioether (sulfide) groups is 1. The molecule has 4 heteroatoms. The first-order valence-electron chi connectivity index (χ1n) is 4.02. The van der Waals surface area contributed by atoms with Gasteiger partial charge in [-0.3, -0.25) is 0 Å². The van der Waals surface area contributed by atoms with Gasteiger partial charge in [-0.2, -0.15) is 0 Å². The smallest absolute Gasteiger partial charge is 0.137 e. The van der Waals surface area contributed by atoms with Crippen molar-refractivity contribution in [2.75, 3.05) is 12.9 Å². The van der Waals surface area contributed by atoms with E-state index in [-0.39, 0.29) is 11.8 Å². The molecule has 1 aliphatic heterocycles. The Hall–Kier alpha value is -0.870. The number of fused-ring (bicyclic) bond motifs is 1. The average Bonchev–Trinajstić information content (AvgIpc) is 2.49. The van der Waals surface area contributed by atoms with E-state index in [1.54, 1.807) is 0 Å². The van der Waals surface area contributed by atoms with Gasteiger partial charge in [-0.15, -0.1) is 11.8 Å². The Morgan fingerprint density at radius 2 is 2.38 bits per heavy atom. The topological polar surface area (TPSA) is 55.5 Å². The number of ether oxygens (including phenoxy) is 1. The van der Waals surface area contributed by atoms with Gasteiger partial charge in [0, 0.05) is 4.90 Å². The van der Waals surface area contributed by atoms with Crippen LogP contribution in [0.15, 0.2) is 17.0 Å². The molecule has 70 valence electrons. The maximum absolute atomic E-state index is 9.80. The highest BCUT2D eigenvalue weighted by Crippen LogP contribution is 2.42. The highest BCUT2D eigenvalue weighted by Gasteiger charge is 2.25. The number of aromatic hydroxyl groups is 1. The maximum Gasteiger partial charge on any atom is 0.137 e. The molecule has 3 nitrogen and oxygen atoms in total. The van der Waals surface area contributed by atoms with Gasteiger partial charge < -0.3 is 15.6 Å². The summed E-state index contributed by atoms with van der Waals surface area (Å²) >= 11 is 1.50. The molecule has 1 atom stereocenters. The summed E-state index contributed by atoms with van der Waals surface area (Å²) in [7, 11) is 0. The summed E-state index contributed by atoms with van der Waals surface area (Å²) in [4.78, 5) is 0.847. The van der Waals surface area contributed by atoms with Crippen molar-refractivity contribution < 1.29 is 9.84 Å². The molecule has 0 saturated carbocycles.